The second-order valence-electron chi connectivity index (χ2n) is 6.27. The van der Waals surface area contributed by atoms with E-state index in [1.165, 1.54) is 16.9 Å². The summed E-state index contributed by atoms with van der Waals surface area (Å²) in [5.41, 5.74) is 3.08. The van der Waals surface area contributed by atoms with Crippen molar-refractivity contribution in [3.05, 3.63) is 86.6 Å². The largest absolute Gasteiger partial charge is 0.455 e. The number of esters is 1. The van der Waals surface area contributed by atoms with Crippen molar-refractivity contribution in [2.75, 3.05) is 6.61 Å². The predicted octanol–water partition coefficient (Wildman–Crippen LogP) is 3.77. The highest BCUT2D eigenvalue weighted by molar-refractivity contribution is 7.07. The second-order valence-corrected chi connectivity index (χ2v) is 7.58. The maximum atomic E-state index is 12.1. The van der Waals surface area contributed by atoms with Gasteiger partial charge in [0.2, 0.25) is 0 Å². The Hall–Kier alpha value is -2.70. The average molecular weight is 415 g/mol. The Morgan fingerprint density at radius 1 is 1.07 bits per heavy atom. The fraction of sp³-hybridized carbons (Fsp3) is 0.190. The second kappa shape index (κ2) is 9.48. The van der Waals surface area contributed by atoms with E-state index in [1.807, 2.05) is 47.3 Å². The van der Waals surface area contributed by atoms with E-state index in [2.05, 4.69) is 4.99 Å². The highest BCUT2D eigenvalue weighted by Crippen LogP contribution is 2.10. The van der Waals surface area contributed by atoms with Gasteiger partial charge in [-0.05, 0) is 30.2 Å². The van der Waals surface area contributed by atoms with Crippen LogP contribution in [0.1, 0.15) is 16.7 Å². The van der Waals surface area contributed by atoms with E-state index in [1.54, 1.807) is 24.3 Å². The van der Waals surface area contributed by atoms with Crippen molar-refractivity contribution < 1.29 is 14.3 Å². The zero-order valence-corrected chi connectivity index (χ0v) is 16.9. The molecule has 0 saturated carbocycles. The van der Waals surface area contributed by atoms with Crippen LogP contribution < -0.4 is 4.80 Å². The minimum absolute atomic E-state index is 0.0802. The van der Waals surface area contributed by atoms with E-state index in [-0.39, 0.29) is 13.0 Å². The minimum Gasteiger partial charge on any atom is -0.455 e. The van der Waals surface area contributed by atoms with Gasteiger partial charge in [0.15, 0.2) is 11.4 Å². The molecule has 3 aromatic rings. The highest BCUT2D eigenvalue weighted by Gasteiger charge is 2.09. The number of hydrogen-bond acceptors (Lipinski definition) is 4. The third kappa shape index (κ3) is 5.90. The van der Waals surface area contributed by atoms with Crippen LogP contribution in [0.25, 0.3) is 0 Å². The van der Waals surface area contributed by atoms with E-state index < -0.39 is 11.9 Å². The monoisotopic (exact) mass is 414 g/mol. The molecular weight excluding hydrogens is 396 g/mol. The summed E-state index contributed by atoms with van der Waals surface area (Å²) in [4.78, 5) is 28.6. The van der Waals surface area contributed by atoms with Crippen LogP contribution in [0.2, 0.25) is 5.02 Å². The summed E-state index contributed by atoms with van der Waals surface area (Å²) in [7, 11) is 0. The maximum absolute atomic E-state index is 12.1. The van der Waals surface area contributed by atoms with E-state index >= 15 is 0 Å². The molecule has 0 aliphatic rings. The Labute approximate surface area is 171 Å². The number of aryl methyl sites for hydroxylation is 1. The molecule has 0 aliphatic heterocycles. The number of ether oxygens (including phenoxy) is 1. The summed E-state index contributed by atoms with van der Waals surface area (Å²) >= 11 is 7.18. The van der Waals surface area contributed by atoms with Gasteiger partial charge < -0.3 is 9.30 Å². The third-order valence-corrected chi connectivity index (χ3v) is 5.02. The van der Waals surface area contributed by atoms with Gasteiger partial charge >= 0.3 is 5.97 Å². The van der Waals surface area contributed by atoms with E-state index in [0.29, 0.717) is 16.4 Å². The zero-order valence-electron chi connectivity index (χ0n) is 15.3. The molecule has 0 bridgehead atoms. The van der Waals surface area contributed by atoms with E-state index in [0.717, 1.165) is 11.1 Å². The molecule has 0 radical (unpaired) electrons. The van der Waals surface area contributed by atoms with Crippen LogP contribution in [0.15, 0.2) is 65.1 Å². The van der Waals surface area contributed by atoms with Crippen molar-refractivity contribution in [2.45, 2.75) is 19.9 Å². The van der Waals surface area contributed by atoms with E-state index in [9.17, 15) is 9.59 Å². The van der Waals surface area contributed by atoms with Crippen LogP contribution >= 0.6 is 22.9 Å². The molecule has 0 unspecified atom stereocenters. The third-order valence-electron chi connectivity index (χ3n) is 3.97. The first-order valence-electron chi connectivity index (χ1n) is 8.67. The molecule has 5 nitrogen and oxygen atoms in total. The lowest BCUT2D eigenvalue weighted by Crippen LogP contribution is -2.20. The average Bonchev–Trinajstić information content (AvgIpc) is 3.10. The molecule has 144 valence electrons. The molecule has 0 aliphatic carbocycles. The van der Waals surface area contributed by atoms with Crippen LogP contribution in [-0.4, -0.2) is 23.1 Å². The Morgan fingerprint density at radius 3 is 2.46 bits per heavy atom. The van der Waals surface area contributed by atoms with Gasteiger partial charge in [-0.15, -0.1) is 11.3 Å². The molecule has 1 heterocycles. The molecule has 0 atom stereocenters. The lowest BCUT2D eigenvalue weighted by molar-refractivity contribution is -0.147. The number of thiazole rings is 1. The number of carbonyl (C=O) groups excluding carboxylic acids is 2. The summed E-state index contributed by atoms with van der Waals surface area (Å²) in [6, 6.07) is 15.1. The minimum atomic E-state index is -0.496. The van der Waals surface area contributed by atoms with Gasteiger partial charge in [-0.2, -0.15) is 4.99 Å². The SMILES string of the molecule is Cc1ccc(Cn2ccsc2=NC(=O)COC(=O)Cc2ccc(Cl)cc2)cc1. The predicted molar refractivity (Wildman–Crippen MR) is 109 cm³/mol. The fourth-order valence-electron chi connectivity index (χ4n) is 2.50. The van der Waals surface area contributed by atoms with Crippen molar-refractivity contribution in [1.29, 1.82) is 0 Å². The van der Waals surface area contributed by atoms with Crippen molar-refractivity contribution in [3.8, 4) is 0 Å². The molecule has 7 heteroatoms. The molecule has 2 aromatic carbocycles. The Bertz CT molecular complexity index is 1020. The quantitative estimate of drug-likeness (QED) is 0.577. The van der Waals surface area contributed by atoms with Gasteiger partial charge in [-0.1, -0.05) is 53.6 Å². The van der Waals surface area contributed by atoms with Crippen molar-refractivity contribution >= 4 is 34.8 Å². The van der Waals surface area contributed by atoms with Crippen molar-refractivity contribution in [1.82, 2.24) is 4.57 Å². The summed E-state index contributed by atoms with van der Waals surface area (Å²) in [6.45, 7) is 2.27. The summed E-state index contributed by atoms with van der Waals surface area (Å²) in [5, 5.41) is 2.47. The van der Waals surface area contributed by atoms with Crippen LogP contribution in [0.5, 0.6) is 0 Å². The normalized spacial score (nSPS) is 11.4. The number of nitrogens with zero attached hydrogens (tertiary/aromatic N) is 2. The topological polar surface area (TPSA) is 60.7 Å². The molecule has 1 amide bonds. The fourth-order valence-corrected chi connectivity index (χ4v) is 3.37. The molecular formula is C21H19ClN2O3S. The smallest absolute Gasteiger partial charge is 0.310 e. The van der Waals surface area contributed by atoms with Gasteiger partial charge in [0.1, 0.15) is 0 Å². The van der Waals surface area contributed by atoms with E-state index in [4.69, 9.17) is 16.3 Å². The molecule has 1 aromatic heterocycles. The first-order valence-corrected chi connectivity index (χ1v) is 9.92. The maximum Gasteiger partial charge on any atom is 0.310 e. The van der Waals surface area contributed by atoms with Crippen molar-refractivity contribution in [3.63, 3.8) is 0 Å². The zero-order chi connectivity index (χ0) is 19.9. The molecule has 3 rings (SSSR count). The number of hydrogen-bond donors (Lipinski definition) is 0. The molecule has 0 spiro atoms. The molecule has 0 saturated heterocycles. The number of amides is 1. The summed E-state index contributed by atoms with van der Waals surface area (Å²) in [5.74, 6) is -0.978. The summed E-state index contributed by atoms with van der Waals surface area (Å²) in [6.07, 6.45) is 1.96. The standard InChI is InChI=1S/C21H19ClN2O3S/c1-15-2-4-17(5-3-15)13-24-10-11-28-21(24)23-19(25)14-27-20(26)12-16-6-8-18(22)9-7-16/h2-11H,12-14H2,1H3. The molecule has 28 heavy (non-hydrogen) atoms. The van der Waals surface area contributed by atoms with Crippen LogP contribution in [0.4, 0.5) is 0 Å². The van der Waals surface area contributed by atoms with Crippen LogP contribution in [0.3, 0.4) is 0 Å². The van der Waals surface area contributed by atoms with Gasteiger partial charge in [-0.25, -0.2) is 0 Å². The Kier molecular flexibility index (Phi) is 6.79. The van der Waals surface area contributed by atoms with Crippen LogP contribution in [0, 0.1) is 6.92 Å². The van der Waals surface area contributed by atoms with Crippen molar-refractivity contribution in [2.24, 2.45) is 4.99 Å². The first kappa shape index (κ1) is 20.0. The first-order chi connectivity index (χ1) is 13.5. The number of rotatable bonds is 6. The Morgan fingerprint density at radius 2 is 1.75 bits per heavy atom. The van der Waals surface area contributed by atoms with Gasteiger partial charge in [0.25, 0.3) is 5.91 Å². The van der Waals surface area contributed by atoms with Gasteiger partial charge in [0, 0.05) is 23.1 Å². The number of aromatic nitrogens is 1. The summed E-state index contributed by atoms with van der Waals surface area (Å²) < 4.78 is 6.93. The molecule has 0 N–H and O–H groups in total. The lowest BCUT2D eigenvalue weighted by Gasteiger charge is -2.04. The van der Waals surface area contributed by atoms with Gasteiger partial charge in [0.05, 0.1) is 6.42 Å². The van der Waals surface area contributed by atoms with Crippen LogP contribution in [-0.2, 0) is 27.3 Å². The molecule has 0 fully saturated rings. The number of halogens is 1. The Balaban J connectivity index is 1.57. The number of benzene rings is 2. The highest BCUT2D eigenvalue weighted by atomic mass is 35.5. The number of carbonyl (C=O) groups is 2. The lowest BCUT2D eigenvalue weighted by atomic mass is 10.1. The van der Waals surface area contributed by atoms with Gasteiger partial charge in [-0.3, -0.25) is 9.59 Å².